The Balaban J connectivity index is 0.000000142. The Kier molecular flexibility index (Phi) is 17.7. The highest BCUT2D eigenvalue weighted by Crippen LogP contribution is 2.61. The summed E-state index contributed by atoms with van der Waals surface area (Å²) in [5, 5.41) is 26.3. The molecule has 24 aromatic rings. The third-order valence-corrected chi connectivity index (χ3v) is 33.6. The molecule has 26 rings (SSSR count). The molecular weight excluding hydrogens is 1650 g/mol. The number of rotatable bonds is 14. The van der Waals surface area contributed by atoms with Gasteiger partial charge in [0.2, 0.25) is 0 Å². The Labute approximate surface area is 776 Å². The van der Waals surface area contributed by atoms with Gasteiger partial charge in [-0.05, 0) is 272 Å². The van der Waals surface area contributed by atoms with E-state index in [0.717, 1.165) is 59.8 Å². The van der Waals surface area contributed by atoms with Crippen LogP contribution in [0.3, 0.4) is 0 Å². The zero-order valence-corrected chi connectivity index (χ0v) is 77.8. The molecule has 4 heterocycles. The standard InChI is InChI=1S/C62H50N2S2.C60H46N2S2/c1-36(2)48-35-54(64(41-18-12-16-38(4)32-41)52-24-14-22-46-43-20-8-10-26-56(43)66-61(46)52)49-34-50-57-39(29-30-62(50,5)6)33-53(47-28-27-44(48)58(49)59(47)57)63(40-17-11-15-37(3)31-40)51-23-13-21-45-42-19-7-9-25-55(42)65-60(45)51;1-36(2)46-35-52(62(39-19-9-6-10-20-39)50-26-16-24-44-41-22-12-14-28-54(41)64-59(44)50)47-34-48-55-37(31-32-60(48,3)4)33-51(45-30-29-42(46)56(47)57(45)55)61(38-17-7-5-8-18-38)49-25-15-23-43-40-21-11-13-27-53(40)63-58(43)49/h7-28,31-36H,29-30H2,1-6H3;5-30,33-36H,31-32H2,1-4H3/i;5D,6D. The van der Waals surface area contributed by atoms with Crippen LogP contribution in [-0.4, -0.2) is 0 Å². The third-order valence-electron chi connectivity index (χ3n) is 28.8. The third kappa shape index (κ3) is 12.2. The molecule has 4 aromatic heterocycles. The fourth-order valence-electron chi connectivity index (χ4n) is 22.5. The summed E-state index contributed by atoms with van der Waals surface area (Å²) in [5.41, 5.74) is 24.8. The molecule has 0 bridgehead atoms. The van der Waals surface area contributed by atoms with Crippen LogP contribution in [0.15, 0.2) is 340 Å². The largest absolute Gasteiger partial charge is 0.308 e. The maximum absolute atomic E-state index is 8.57. The van der Waals surface area contributed by atoms with E-state index in [-0.39, 0.29) is 16.7 Å². The van der Waals surface area contributed by atoms with Crippen molar-refractivity contribution in [1.82, 2.24) is 0 Å². The molecule has 0 spiro atoms. The predicted octanol–water partition coefficient (Wildman–Crippen LogP) is 37.8. The number of aryl methyl sites for hydroxylation is 4. The van der Waals surface area contributed by atoms with Gasteiger partial charge in [0.25, 0.3) is 0 Å². The number of nitrogens with zero attached hydrogens (tertiary/aromatic N) is 4. The molecule has 0 saturated carbocycles. The van der Waals surface area contributed by atoms with Crippen molar-refractivity contribution in [3.8, 4) is 0 Å². The molecule has 0 unspecified atom stereocenters. The van der Waals surface area contributed by atoms with E-state index in [1.165, 1.54) is 224 Å². The molecule has 0 amide bonds. The summed E-state index contributed by atoms with van der Waals surface area (Å²) in [4.78, 5) is 10.2. The summed E-state index contributed by atoms with van der Waals surface area (Å²) < 4.78 is 27.4. The molecule has 4 nitrogen and oxygen atoms in total. The predicted molar refractivity (Wildman–Crippen MR) is 571 cm³/mol. The van der Waals surface area contributed by atoms with Crippen LogP contribution in [0.4, 0.5) is 68.2 Å². The first-order valence-electron chi connectivity index (χ1n) is 47.0. The first-order valence-corrected chi connectivity index (χ1v) is 49.2. The average molecular weight is 1750 g/mol. The van der Waals surface area contributed by atoms with Gasteiger partial charge < -0.3 is 19.6 Å². The minimum Gasteiger partial charge on any atom is -0.308 e. The van der Waals surface area contributed by atoms with E-state index >= 15 is 0 Å². The topological polar surface area (TPSA) is 13.0 Å². The highest BCUT2D eigenvalue weighted by molar-refractivity contribution is 7.27. The Hall–Kier alpha value is -13.4. The zero-order valence-electron chi connectivity index (χ0n) is 76.6. The molecular formula is C122H96N4S4. The van der Waals surface area contributed by atoms with Gasteiger partial charge in [0.1, 0.15) is 0 Å². The second-order valence-electron chi connectivity index (χ2n) is 38.2. The fraction of sp³-hybridized carbons (Fsp3) is 0.148. The van der Waals surface area contributed by atoms with Crippen LogP contribution < -0.4 is 19.6 Å². The Bertz CT molecular complexity index is 8890. The second-order valence-corrected chi connectivity index (χ2v) is 42.4. The molecule has 0 atom stereocenters. The van der Waals surface area contributed by atoms with Crippen molar-refractivity contribution >= 4 is 259 Å². The number of benzene rings is 20. The van der Waals surface area contributed by atoms with Crippen LogP contribution in [0, 0.1) is 13.8 Å². The molecule has 0 radical (unpaired) electrons. The average Bonchev–Trinajstić information content (AvgIpc) is 0.942. The molecule has 0 N–H and O–H groups in total. The molecule has 2 aliphatic carbocycles. The lowest BCUT2D eigenvalue weighted by molar-refractivity contribution is 0.475. The van der Waals surface area contributed by atoms with Crippen molar-refractivity contribution < 1.29 is 2.74 Å². The normalized spacial score (nSPS) is 14.0. The monoisotopic (exact) mass is 1750 g/mol. The van der Waals surface area contributed by atoms with E-state index in [1.807, 2.05) is 69.6 Å². The van der Waals surface area contributed by atoms with Gasteiger partial charge in [-0.1, -0.05) is 262 Å². The number of para-hydroxylation sites is 2. The maximum atomic E-state index is 8.57. The first-order chi connectivity index (χ1) is 64.2. The Morgan fingerprint density at radius 1 is 0.254 bits per heavy atom. The Morgan fingerprint density at radius 2 is 0.546 bits per heavy atom. The van der Waals surface area contributed by atoms with Gasteiger partial charge in [0.05, 0.1) is 67.0 Å². The van der Waals surface area contributed by atoms with Crippen molar-refractivity contribution in [3.63, 3.8) is 0 Å². The lowest BCUT2D eigenvalue weighted by Gasteiger charge is -2.37. The number of hydrogen-bond donors (Lipinski definition) is 0. The summed E-state index contributed by atoms with van der Waals surface area (Å²) in [7, 11) is 0. The molecule has 2 aliphatic rings. The van der Waals surface area contributed by atoms with Gasteiger partial charge in [0.15, 0.2) is 0 Å². The van der Waals surface area contributed by atoms with Crippen LogP contribution in [0.2, 0.25) is 0 Å². The summed E-state index contributed by atoms with van der Waals surface area (Å²) >= 11 is 7.54. The highest BCUT2D eigenvalue weighted by Gasteiger charge is 2.38. The van der Waals surface area contributed by atoms with E-state index in [4.69, 9.17) is 2.74 Å². The van der Waals surface area contributed by atoms with Crippen LogP contribution in [0.5, 0.6) is 0 Å². The van der Waals surface area contributed by atoms with Gasteiger partial charge in [-0.3, -0.25) is 0 Å². The smallest absolute Gasteiger partial charge is 0.0640 e. The van der Waals surface area contributed by atoms with E-state index in [2.05, 4.69) is 392 Å². The fourth-order valence-corrected chi connectivity index (χ4v) is 27.3. The molecule has 628 valence electrons. The lowest BCUT2D eigenvalue weighted by atomic mass is 9.70. The van der Waals surface area contributed by atoms with Crippen LogP contribution in [-0.2, 0) is 23.7 Å². The van der Waals surface area contributed by atoms with Gasteiger partial charge in [-0.2, -0.15) is 0 Å². The molecule has 8 heteroatoms. The lowest BCUT2D eigenvalue weighted by Crippen LogP contribution is -2.24. The summed E-state index contributed by atoms with van der Waals surface area (Å²) in [6.45, 7) is 23.7. The van der Waals surface area contributed by atoms with Crippen LogP contribution in [0.25, 0.3) is 145 Å². The van der Waals surface area contributed by atoms with Crippen LogP contribution in [0.1, 0.15) is 127 Å². The molecule has 20 aromatic carbocycles. The van der Waals surface area contributed by atoms with Crippen molar-refractivity contribution in [2.75, 3.05) is 19.6 Å². The summed E-state index contributed by atoms with van der Waals surface area (Å²) in [6, 6.07) is 123. The number of fused-ring (bicyclic) bond motifs is 12. The van der Waals surface area contributed by atoms with Gasteiger partial charge in [-0.25, -0.2) is 0 Å². The molecule has 130 heavy (non-hydrogen) atoms. The quantitative estimate of drug-likeness (QED) is 0.101. The maximum Gasteiger partial charge on any atom is 0.0640 e. The number of anilines is 12. The number of hydrogen-bond acceptors (Lipinski definition) is 8. The van der Waals surface area contributed by atoms with Gasteiger partial charge >= 0.3 is 0 Å². The minimum atomic E-state index is -0.0647. The van der Waals surface area contributed by atoms with Crippen molar-refractivity contribution in [1.29, 1.82) is 0 Å². The second kappa shape index (κ2) is 30.1. The van der Waals surface area contributed by atoms with Crippen molar-refractivity contribution in [2.45, 2.75) is 118 Å². The molecule has 0 fully saturated rings. The first kappa shape index (κ1) is 76.6. The minimum absolute atomic E-state index is 0.0200. The molecule has 0 aliphatic heterocycles. The summed E-state index contributed by atoms with van der Waals surface area (Å²) in [5.74, 6) is 0.545. The van der Waals surface area contributed by atoms with Gasteiger partial charge in [-0.15, -0.1) is 45.3 Å². The van der Waals surface area contributed by atoms with E-state index in [9.17, 15) is 0 Å². The number of thiophene rings is 4. The van der Waals surface area contributed by atoms with E-state index in [1.54, 1.807) is 0 Å². The van der Waals surface area contributed by atoms with Gasteiger partial charge in [0, 0.05) is 117 Å². The van der Waals surface area contributed by atoms with Crippen molar-refractivity contribution in [3.05, 3.63) is 384 Å². The van der Waals surface area contributed by atoms with E-state index in [0.29, 0.717) is 18.0 Å². The van der Waals surface area contributed by atoms with Crippen molar-refractivity contribution in [2.24, 2.45) is 0 Å². The van der Waals surface area contributed by atoms with E-state index < -0.39 is 0 Å². The Morgan fingerprint density at radius 3 is 0.877 bits per heavy atom. The van der Waals surface area contributed by atoms with Crippen LogP contribution >= 0.6 is 45.3 Å². The summed E-state index contributed by atoms with van der Waals surface area (Å²) in [6.07, 6.45) is 4.14. The molecule has 0 saturated heterocycles. The SMILES string of the molecule is Cc1cccc(N(c2cc(C(C)C)c3ccc4c(N(c5cccc(C)c5)c5cccc6c5sc5ccccc56)cc5c6c(cc2c3c46)C(C)(C)CC5)c2cccc3c2sc2ccccc23)c1.[2H]c1ccc(N(c2cc(C(C)C)c3ccc4c(N(c5ccc([2H])cc5)c5cccc6c5sc5ccccc56)cc5c6c(cc2c3c46)C(C)(C)CC5)c2cccc3c2sc2ccccc23)cc1. The zero-order chi connectivity index (χ0) is 89.2. The highest BCUT2D eigenvalue weighted by atomic mass is 32.1.